The summed E-state index contributed by atoms with van der Waals surface area (Å²) >= 11 is 0. The first kappa shape index (κ1) is 19.6. The molecule has 0 heterocycles. The zero-order chi connectivity index (χ0) is 20.1. The van der Waals surface area contributed by atoms with E-state index in [0.717, 1.165) is 22.6 Å². The van der Waals surface area contributed by atoms with Gasteiger partial charge >= 0.3 is 0 Å². The highest BCUT2D eigenvalue weighted by Crippen LogP contribution is 2.19. The minimum atomic E-state index is -3.42. The summed E-state index contributed by atoms with van der Waals surface area (Å²) in [5.74, 6) is -0.214. The van der Waals surface area contributed by atoms with E-state index in [-0.39, 0.29) is 12.5 Å². The summed E-state index contributed by atoms with van der Waals surface area (Å²) in [6.45, 7) is 4.17. The highest BCUT2D eigenvalue weighted by Gasteiger charge is 2.16. The summed E-state index contributed by atoms with van der Waals surface area (Å²) < 4.78 is 25.0. The SMILES string of the molecule is C=CCN(c1ccc(C(=O)NCc2ccc3ccccc3c2)cc1)S(C)(=O)=O. The van der Waals surface area contributed by atoms with Crippen molar-refractivity contribution in [2.75, 3.05) is 17.1 Å². The van der Waals surface area contributed by atoms with E-state index in [9.17, 15) is 13.2 Å². The van der Waals surface area contributed by atoms with E-state index in [1.54, 1.807) is 24.3 Å². The predicted octanol–water partition coefficient (Wildman–Crippen LogP) is 3.72. The molecule has 0 bridgehead atoms. The molecule has 6 heteroatoms. The number of nitrogens with zero attached hydrogens (tertiary/aromatic N) is 1. The van der Waals surface area contributed by atoms with Crippen LogP contribution in [0.15, 0.2) is 79.4 Å². The van der Waals surface area contributed by atoms with Crippen molar-refractivity contribution in [3.63, 3.8) is 0 Å². The van der Waals surface area contributed by atoms with Crippen molar-refractivity contribution < 1.29 is 13.2 Å². The van der Waals surface area contributed by atoms with Gasteiger partial charge in [-0.3, -0.25) is 9.10 Å². The van der Waals surface area contributed by atoms with Crippen molar-refractivity contribution in [3.8, 4) is 0 Å². The zero-order valence-electron chi connectivity index (χ0n) is 15.6. The first-order valence-corrected chi connectivity index (χ1v) is 10.7. The molecule has 0 aromatic heterocycles. The highest BCUT2D eigenvalue weighted by atomic mass is 32.2. The standard InChI is InChI=1S/C22H22N2O3S/c1-3-14-24(28(2,26)27)21-12-10-19(11-13-21)22(25)23-16-17-8-9-18-6-4-5-7-20(18)15-17/h3-13,15H,1,14,16H2,2H3,(H,23,25). The normalized spacial score (nSPS) is 11.2. The fourth-order valence-corrected chi connectivity index (χ4v) is 3.84. The summed E-state index contributed by atoms with van der Waals surface area (Å²) in [7, 11) is -3.42. The second-order valence-corrected chi connectivity index (χ2v) is 8.40. The van der Waals surface area contributed by atoms with Crippen molar-refractivity contribution in [1.29, 1.82) is 0 Å². The van der Waals surface area contributed by atoms with Crippen molar-refractivity contribution in [3.05, 3.63) is 90.5 Å². The number of fused-ring (bicyclic) bond motifs is 1. The molecule has 5 nitrogen and oxygen atoms in total. The fraction of sp³-hybridized carbons (Fsp3) is 0.136. The van der Waals surface area contributed by atoms with Gasteiger partial charge in [0.15, 0.2) is 0 Å². The first-order chi connectivity index (χ1) is 13.4. The molecule has 0 radical (unpaired) electrons. The third kappa shape index (κ3) is 4.58. The zero-order valence-corrected chi connectivity index (χ0v) is 16.4. The van der Waals surface area contributed by atoms with Gasteiger partial charge in [-0.2, -0.15) is 0 Å². The summed E-state index contributed by atoms with van der Waals surface area (Å²) in [6.07, 6.45) is 2.66. The van der Waals surface area contributed by atoms with Gasteiger partial charge < -0.3 is 5.32 Å². The smallest absolute Gasteiger partial charge is 0.251 e. The third-order valence-electron chi connectivity index (χ3n) is 4.38. The number of rotatable bonds is 7. The van der Waals surface area contributed by atoms with Crippen LogP contribution >= 0.6 is 0 Å². The number of sulfonamides is 1. The number of anilines is 1. The highest BCUT2D eigenvalue weighted by molar-refractivity contribution is 7.92. The molecule has 0 spiro atoms. The second-order valence-electron chi connectivity index (χ2n) is 6.49. The van der Waals surface area contributed by atoms with Crippen LogP contribution in [0.5, 0.6) is 0 Å². The molecule has 3 aromatic carbocycles. The number of hydrogen-bond donors (Lipinski definition) is 1. The molecular weight excluding hydrogens is 372 g/mol. The lowest BCUT2D eigenvalue weighted by atomic mass is 10.1. The number of carbonyl (C=O) groups excluding carboxylic acids is 1. The third-order valence-corrected chi connectivity index (χ3v) is 5.54. The number of nitrogens with one attached hydrogen (secondary N) is 1. The maximum atomic E-state index is 12.4. The van der Waals surface area contributed by atoms with E-state index in [2.05, 4.69) is 18.0 Å². The molecule has 144 valence electrons. The molecular formula is C22H22N2O3S. The van der Waals surface area contributed by atoms with Gasteiger partial charge in [-0.1, -0.05) is 42.5 Å². The van der Waals surface area contributed by atoms with Crippen LogP contribution in [0.3, 0.4) is 0 Å². The van der Waals surface area contributed by atoms with Gasteiger partial charge in [-0.25, -0.2) is 8.42 Å². The molecule has 28 heavy (non-hydrogen) atoms. The van der Waals surface area contributed by atoms with Crippen molar-refractivity contribution in [2.24, 2.45) is 0 Å². The largest absolute Gasteiger partial charge is 0.348 e. The van der Waals surface area contributed by atoms with Crippen molar-refractivity contribution >= 4 is 32.4 Å². The lowest BCUT2D eigenvalue weighted by Gasteiger charge is -2.20. The van der Waals surface area contributed by atoms with E-state index in [1.165, 1.54) is 10.4 Å². The molecule has 0 saturated heterocycles. The Bertz CT molecular complexity index is 1110. The Morgan fingerprint density at radius 2 is 1.71 bits per heavy atom. The summed E-state index contributed by atoms with van der Waals surface area (Å²) in [5.41, 5.74) is 1.97. The molecule has 1 N–H and O–H groups in total. The van der Waals surface area contributed by atoms with Crippen molar-refractivity contribution in [1.82, 2.24) is 5.32 Å². The Labute approximate surface area is 165 Å². The lowest BCUT2D eigenvalue weighted by molar-refractivity contribution is 0.0951. The van der Waals surface area contributed by atoms with Crippen LogP contribution in [0.1, 0.15) is 15.9 Å². The van der Waals surface area contributed by atoms with Crippen molar-refractivity contribution in [2.45, 2.75) is 6.54 Å². The van der Waals surface area contributed by atoms with Crippen LogP contribution in [0.25, 0.3) is 10.8 Å². The Morgan fingerprint density at radius 3 is 2.36 bits per heavy atom. The molecule has 3 rings (SSSR count). The van der Waals surface area contributed by atoms with Gasteiger partial charge in [0.2, 0.25) is 10.0 Å². The predicted molar refractivity (Wildman–Crippen MR) is 114 cm³/mol. The fourth-order valence-electron chi connectivity index (χ4n) is 2.96. The molecule has 0 aliphatic heterocycles. The Kier molecular flexibility index (Phi) is 5.80. The van der Waals surface area contributed by atoms with Crippen LogP contribution in [0.2, 0.25) is 0 Å². The summed E-state index contributed by atoms with van der Waals surface area (Å²) in [4.78, 5) is 12.4. The topological polar surface area (TPSA) is 66.5 Å². The molecule has 0 saturated carbocycles. The second kappa shape index (κ2) is 8.27. The summed E-state index contributed by atoms with van der Waals surface area (Å²) in [5, 5.41) is 5.18. The average Bonchev–Trinajstić information content (AvgIpc) is 2.69. The number of hydrogen-bond acceptors (Lipinski definition) is 3. The molecule has 1 amide bonds. The van der Waals surface area contributed by atoms with Gasteiger partial charge in [-0.05, 0) is 46.7 Å². The van der Waals surface area contributed by atoms with E-state index >= 15 is 0 Å². The van der Waals surface area contributed by atoms with E-state index in [1.807, 2.05) is 36.4 Å². The molecule has 3 aromatic rings. The van der Waals surface area contributed by atoms with Crippen LogP contribution in [0.4, 0.5) is 5.69 Å². The quantitative estimate of drug-likeness (QED) is 0.621. The van der Waals surface area contributed by atoms with Crippen LogP contribution in [-0.4, -0.2) is 27.1 Å². The molecule has 0 aliphatic rings. The molecule has 0 unspecified atom stereocenters. The molecule has 0 fully saturated rings. The monoisotopic (exact) mass is 394 g/mol. The Hall–Kier alpha value is -3.12. The summed E-state index contributed by atoms with van der Waals surface area (Å²) in [6, 6.07) is 20.6. The average molecular weight is 394 g/mol. The molecule has 0 atom stereocenters. The van der Waals surface area contributed by atoms with Gasteiger partial charge in [0.25, 0.3) is 5.91 Å². The first-order valence-electron chi connectivity index (χ1n) is 8.83. The van der Waals surface area contributed by atoms with Crippen LogP contribution in [0, 0.1) is 0 Å². The number of benzene rings is 3. The van der Waals surface area contributed by atoms with Gasteiger partial charge in [-0.15, -0.1) is 6.58 Å². The van der Waals surface area contributed by atoms with E-state index in [4.69, 9.17) is 0 Å². The van der Waals surface area contributed by atoms with Gasteiger partial charge in [0.1, 0.15) is 0 Å². The van der Waals surface area contributed by atoms with Gasteiger partial charge in [0.05, 0.1) is 18.5 Å². The maximum absolute atomic E-state index is 12.4. The van der Waals surface area contributed by atoms with E-state index < -0.39 is 10.0 Å². The van der Waals surface area contributed by atoms with Crippen LogP contribution < -0.4 is 9.62 Å². The lowest BCUT2D eigenvalue weighted by Crippen LogP contribution is -2.30. The minimum Gasteiger partial charge on any atom is -0.348 e. The van der Waals surface area contributed by atoms with E-state index in [0.29, 0.717) is 17.8 Å². The maximum Gasteiger partial charge on any atom is 0.251 e. The van der Waals surface area contributed by atoms with Crippen LogP contribution in [-0.2, 0) is 16.6 Å². The number of amides is 1. The molecule has 0 aliphatic carbocycles. The number of carbonyl (C=O) groups is 1. The van der Waals surface area contributed by atoms with Gasteiger partial charge in [0, 0.05) is 12.1 Å². The minimum absolute atomic E-state index is 0.173. The Balaban J connectivity index is 1.69. The Morgan fingerprint density at radius 1 is 1.04 bits per heavy atom.